The number of hydrogen-bond donors (Lipinski definition) is 1. The van der Waals surface area contributed by atoms with Gasteiger partial charge in [-0.1, -0.05) is 12.1 Å². The Morgan fingerprint density at radius 3 is 2.13 bits per heavy atom. The van der Waals surface area contributed by atoms with Crippen LogP contribution in [0.3, 0.4) is 0 Å². The first-order valence-corrected chi connectivity index (χ1v) is 7.25. The summed E-state index contributed by atoms with van der Waals surface area (Å²) >= 11 is 0. The molecule has 1 fully saturated rings. The number of rotatable bonds is 3. The van der Waals surface area contributed by atoms with Crippen molar-refractivity contribution in [3.05, 3.63) is 47.8 Å². The van der Waals surface area contributed by atoms with Gasteiger partial charge in [0.15, 0.2) is 5.69 Å². The van der Waals surface area contributed by atoms with E-state index in [1.807, 2.05) is 24.3 Å². The molecule has 3 heterocycles. The molecule has 1 aliphatic rings. The molecule has 7 nitrogen and oxygen atoms in total. The molecule has 0 amide bonds. The molecule has 0 aliphatic carbocycles. The molecule has 2 aromatic heterocycles. The van der Waals surface area contributed by atoms with Crippen LogP contribution in [0.4, 0.5) is 11.6 Å². The Morgan fingerprint density at radius 2 is 1.57 bits per heavy atom. The molecule has 0 unspecified atom stereocenters. The molecule has 0 bridgehead atoms. The second-order valence-corrected chi connectivity index (χ2v) is 5.15. The highest BCUT2D eigenvalue weighted by Gasteiger charge is 2.20. The molecule has 2 aromatic rings. The minimum atomic E-state index is -1.02. The van der Waals surface area contributed by atoms with Crippen molar-refractivity contribution in [3.63, 3.8) is 0 Å². The zero-order chi connectivity index (χ0) is 16.2. The van der Waals surface area contributed by atoms with Gasteiger partial charge in [0, 0.05) is 26.2 Å². The maximum atomic E-state index is 11.0. The van der Waals surface area contributed by atoms with E-state index in [4.69, 9.17) is 10.4 Å². The molecule has 0 aromatic carbocycles. The van der Waals surface area contributed by atoms with E-state index in [-0.39, 0.29) is 5.69 Å². The number of aromatic nitrogens is 2. The fraction of sp³-hybridized carbons (Fsp3) is 0.250. The maximum absolute atomic E-state index is 11.0. The van der Waals surface area contributed by atoms with Crippen LogP contribution in [-0.2, 0) is 0 Å². The summed E-state index contributed by atoms with van der Waals surface area (Å²) in [6.07, 6.45) is 0. The zero-order valence-electron chi connectivity index (χ0n) is 12.4. The van der Waals surface area contributed by atoms with Crippen LogP contribution in [0.5, 0.6) is 0 Å². The van der Waals surface area contributed by atoms with Crippen LogP contribution in [0.1, 0.15) is 16.2 Å². The summed E-state index contributed by atoms with van der Waals surface area (Å²) in [6.45, 7) is 2.91. The fourth-order valence-electron chi connectivity index (χ4n) is 2.54. The molecule has 23 heavy (non-hydrogen) atoms. The number of anilines is 2. The standard InChI is InChI=1S/C16H15N5O2/c17-11-12-3-1-5-14(18-12)20-7-9-21(10-8-20)15-6-2-4-13(19-15)16(22)23/h1-6H,7-10H2,(H,22,23). The molecule has 0 atom stereocenters. The lowest BCUT2D eigenvalue weighted by molar-refractivity contribution is 0.0690. The third-order valence-corrected chi connectivity index (χ3v) is 3.73. The number of hydrogen-bond acceptors (Lipinski definition) is 6. The lowest BCUT2D eigenvalue weighted by Gasteiger charge is -2.36. The first kappa shape index (κ1) is 14.8. The number of nitriles is 1. The number of carboxylic acids is 1. The number of piperazine rings is 1. The van der Waals surface area contributed by atoms with Crippen molar-refractivity contribution in [1.82, 2.24) is 9.97 Å². The number of carbonyl (C=O) groups is 1. The summed E-state index contributed by atoms with van der Waals surface area (Å²) in [5.41, 5.74) is 0.453. The number of pyridine rings is 2. The van der Waals surface area contributed by atoms with Gasteiger partial charge in [-0.3, -0.25) is 0 Å². The summed E-state index contributed by atoms with van der Waals surface area (Å²) < 4.78 is 0. The van der Waals surface area contributed by atoms with Gasteiger partial charge in [-0.15, -0.1) is 0 Å². The van der Waals surface area contributed by atoms with Gasteiger partial charge in [0.05, 0.1) is 0 Å². The molecule has 0 spiro atoms. The molecule has 7 heteroatoms. The maximum Gasteiger partial charge on any atom is 0.354 e. The van der Waals surface area contributed by atoms with E-state index < -0.39 is 5.97 Å². The first-order valence-electron chi connectivity index (χ1n) is 7.25. The third kappa shape index (κ3) is 3.21. The second kappa shape index (κ2) is 6.32. The van der Waals surface area contributed by atoms with Crippen molar-refractivity contribution in [2.24, 2.45) is 0 Å². The van der Waals surface area contributed by atoms with E-state index >= 15 is 0 Å². The highest BCUT2D eigenvalue weighted by atomic mass is 16.4. The van der Waals surface area contributed by atoms with Gasteiger partial charge in [0.1, 0.15) is 23.4 Å². The van der Waals surface area contributed by atoms with Gasteiger partial charge in [-0.25, -0.2) is 14.8 Å². The fourth-order valence-corrected chi connectivity index (χ4v) is 2.54. The Bertz CT molecular complexity index is 763. The average Bonchev–Trinajstić information content (AvgIpc) is 2.62. The largest absolute Gasteiger partial charge is 0.477 e. The van der Waals surface area contributed by atoms with E-state index in [9.17, 15) is 4.79 Å². The number of carboxylic acid groups (broad SMARTS) is 1. The average molecular weight is 309 g/mol. The molecule has 1 aliphatic heterocycles. The second-order valence-electron chi connectivity index (χ2n) is 5.15. The SMILES string of the molecule is N#Cc1cccc(N2CCN(c3cccc(C(=O)O)n3)CC2)n1. The Balaban J connectivity index is 1.70. The highest BCUT2D eigenvalue weighted by Crippen LogP contribution is 2.18. The van der Waals surface area contributed by atoms with Crippen LogP contribution in [0, 0.1) is 11.3 Å². The van der Waals surface area contributed by atoms with Gasteiger partial charge < -0.3 is 14.9 Å². The summed E-state index contributed by atoms with van der Waals surface area (Å²) in [6, 6.07) is 12.4. The Hall–Kier alpha value is -3.14. The lowest BCUT2D eigenvalue weighted by Crippen LogP contribution is -2.47. The van der Waals surface area contributed by atoms with Crippen LogP contribution in [0.25, 0.3) is 0 Å². The Kier molecular flexibility index (Phi) is 4.06. The molecule has 1 saturated heterocycles. The van der Waals surface area contributed by atoms with Gasteiger partial charge >= 0.3 is 5.97 Å². The van der Waals surface area contributed by atoms with Gasteiger partial charge in [0.2, 0.25) is 0 Å². The van der Waals surface area contributed by atoms with Gasteiger partial charge in [0.25, 0.3) is 0 Å². The Labute approximate surface area is 133 Å². The molecular formula is C16H15N5O2. The van der Waals surface area contributed by atoms with Crippen LogP contribution >= 0.6 is 0 Å². The molecular weight excluding hydrogens is 294 g/mol. The van der Waals surface area contributed by atoms with E-state index in [1.54, 1.807) is 12.1 Å². The monoisotopic (exact) mass is 309 g/mol. The highest BCUT2D eigenvalue weighted by molar-refractivity contribution is 5.85. The van der Waals surface area contributed by atoms with Gasteiger partial charge in [-0.2, -0.15) is 5.26 Å². The van der Waals surface area contributed by atoms with Crippen molar-refractivity contribution in [2.75, 3.05) is 36.0 Å². The van der Waals surface area contributed by atoms with Crippen LogP contribution in [0.15, 0.2) is 36.4 Å². The lowest BCUT2D eigenvalue weighted by atomic mass is 10.2. The normalized spacial score (nSPS) is 14.4. The van der Waals surface area contributed by atoms with E-state index in [2.05, 4.69) is 19.8 Å². The van der Waals surface area contributed by atoms with Crippen LogP contribution in [-0.4, -0.2) is 47.2 Å². The van der Waals surface area contributed by atoms with Crippen LogP contribution in [0.2, 0.25) is 0 Å². The number of aromatic carboxylic acids is 1. The summed E-state index contributed by atoms with van der Waals surface area (Å²) in [5, 5.41) is 18.0. The molecule has 116 valence electrons. The predicted molar refractivity (Wildman–Crippen MR) is 84.6 cm³/mol. The van der Waals surface area contributed by atoms with Crippen molar-refractivity contribution in [1.29, 1.82) is 5.26 Å². The minimum absolute atomic E-state index is 0.0494. The van der Waals surface area contributed by atoms with E-state index in [0.717, 1.165) is 18.9 Å². The summed E-state index contributed by atoms with van der Waals surface area (Å²) in [4.78, 5) is 23.6. The number of nitrogens with zero attached hydrogens (tertiary/aromatic N) is 5. The van der Waals surface area contributed by atoms with Crippen molar-refractivity contribution < 1.29 is 9.90 Å². The topological polar surface area (TPSA) is 93.4 Å². The molecule has 0 saturated carbocycles. The van der Waals surface area contributed by atoms with Gasteiger partial charge in [-0.05, 0) is 24.3 Å². The van der Waals surface area contributed by atoms with E-state index in [0.29, 0.717) is 24.6 Å². The summed E-state index contributed by atoms with van der Waals surface area (Å²) in [5.74, 6) is 0.433. The molecule has 1 N–H and O–H groups in total. The first-order chi connectivity index (χ1) is 11.2. The third-order valence-electron chi connectivity index (χ3n) is 3.73. The Morgan fingerprint density at radius 1 is 1.00 bits per heavy atom. The predicted octanol–water partition coefficient (Wildman–Crippen LogP) is 1.37. The van der Waals surface area contributed by atoms with Crippen molar-refractivity contribution in [2.45, 2.75) is 0 Å². The quantitative estimate of drug-likeness (QED) is 0.915. The minimum Gasteiger partial charge on any atom is -0.477 e. The molecule has 3 rings (SSSR count). The smallest absolute Gasteiger partial charge is 0.354 e. The zero-order valence-corrected chi connectivity index (χ0v) is 12.4. The van der Waals surface area contributed by atoms with Crippen molar-refractivity contribution >= 4 is 17.6 Å². The van der Waals surface area contributed by atoms with Crippen molar-refractivity contribution in [3.8, 4) is 6.07 Å². The summed E-state index contributed by atoms with van der Waals surface area (Å²) in [7, 11) is 0. The molecule has 0 radical (unpaired) electrons. The van der Waals surface area contributed by atoms with Crippen LogP contribution < -0.4 is 9.80 Å². The van der Waals surface area contributed by atoms with E-state index in [1.165, 1.54) is 6.07 Å².